The summed E-state index contributed by atoms with van der Waals surface area (Å²) in [6.07, 6.45) is 4.58. The van der Waals surface area contributed by atoms with Crippen molar-refractivity contribution in [2.45, 2.75) is 30.1 Å². The van der Waals surface area contributed by atoms with Crippen LogP contribution in [-0.2, 0) is 14.3 Å². The molecule has 0 radical (unpaired) electrons. The Balaban J connectivity index is 1.73. The summed E-state index contributed by atoms with van der Waals surface area (Å²) in [5, 5.41) is 5.49. The average Bonchev–Trinajstić information content (AvgIpc) is 3.19. The number of rotatable bonds is 8. The Morgan fingerprint density at radius 2 is 2.15 bits per heavy atom. The van der Waals surface area contributed by atoms with Gasteiger partial charge in [-0.25, -0.2) is 4.98 Å². The van der Waals surface area contributed by atoms with Crippen LogP contribution in [0.1, 0.15) is 30.7 Å². The molecule has 0 aliphatic carbocycles. The molecule has 1 saturated heterocycles. The molecule has 1 aliphatic rings. The predicted octanol–water partition coefficient (Wildman–Crippen LogP) is 4.38. The summed E-state index contributed by atoms with van der Waals surface area (Å²) < 4.78 is 10.6. The lowest BCUT2D eigenvalue weighted by atomic mass is 9.84. The molecule has 1 aliphatic heterocycles. The number of thioether (sulfide) groups is 1. The monoisotopic (exact) mass is 392 g/mol. The zero-order chi connectivity index (χ0) is 18.2. The van der Waals surface area contributed by atoms with E-state index in [-0.39, 0.29) is 11.8 Å². The van der Waals surface area contributed by atoms with Crippen molar-refractivity contribution in [1.82, 2.24) is 4.98 Å². The Bertz CT molecular complexity index is 671. The fourth-order valence-corrected chi connectivity index (χ4v) is 4.23. The molecular formula is C19H24N2O3S2. The van der Waals surface area contributed by atoms with Crippen LogP contribution in [0.15, 0.2) is 40.7 Å². The number of methoxy groups -OCH3 is 1. The SMILES string of the molecule is COCSc1ccc(C(CC2CCOCC2)C(=O)Nc2nccs2)cc1. The number of hydrogen-bond donors (Lipinski definition) is 1. The minimum atomic E-state index is -0.177. The normalized spacial score (nSPS) is 16.3. The lowest BCUT2D eigenvalue weighted by Gasteiger charge is -2.26. The van der Waals surface area contributed by atoms with Crippen molar-refractivity contribution in [2.75, 3.05) is 31.6 Å². The van der Waals surface area contributed by atoms with Crippen molar-refractivity contribution < 1.29 is 14.3 Å². The molecule has 3 rings (SSSR count). The smallest absolute Gasteiger partial charge is 0.233 e. The number of carbonyl (C=O) groups is 1. The summed E-state index contributed by atoms with van der Waals surface area (Å²) in [5.41, 5.74) is 1.05. The van der Waals surface area contributed by atoms with Gasteiger partial charge >= 0.3 is 0 Å². The zero-order valence-corrected chi connectivity index (χ0v) is 16.5. The minimum Gasteiger partial charge on any atom is -0.381 e. The number of nitrogens with zero attached hydrogens (tertiary/aromatic N) is 1. The molecule has 2 aromatic rings. The Kier molecular flexibility index (Phi) is 7.49. The highest BCUT2D eigenvalue weighted by Crippen LogP contribution is 2.32. The molecular weight excluding hydrogens is 368 g/mol. The van der Waals surface area contributed by atoms with Crippen LogP contribution in [0.5, 0.6) is 0 Å². The summed E-state index contributed by atoms with van der Waals surface area (Å²) in [7, 11) is 1.69. The highest BCUT2D eigenvalue weighted by molar-refractivity contribution is 7.99. The molecule has 5 nitrogen and oxygen atoms in total. The first-order valence-corrected chi connectivity index (χ1v) is 10.6. The second-order valence-electron chi connectivity index (χ2n) is 6.29. The van der Waals surface area contributed by atoms with E-state index >= 15 is 0 Å². The zero-order valence-electron chi connectivity index (χ0n) is 14.8. The number of aromatic nitrogens is 1. The van der Waals surface area contributed by atoms with E-state index in [4.69, 9.17) is 9.47 Å². The van der Waals surface area contributed by atoms with E-state index in [0.29, 0.717) is 17.0 Å². The Hall–Kier alpha value is -1.41. The van der Waals surface area contributed by atoms with E-state index in [2.05, 4.69) is 34.6 Å². The summed E-state index contributed by atoms with van der Waals surface area (Å²) >= 11 is 3.08. The van der Waals surface area contributed by atoms with E-state index in [1.54, 1.807) is 25.1 Å². The fourth-order valence-electron chi connectivity index (χ4n) is 3.11. The van der Waals surface area contributed by atoms with Crippen LogP contribution < -0.4 is 5.32 Å². The summed E-state index contributed by atoms with van der Waals surface area (Å²) in [6.45, 7) is 1.58. The molecule has 140 valence electrons. The van der Waals surface area contributed by atoms with Crippen molar-refractivity contribution in [1.29, 1.82) is 0 Å². The molecule has 1 atom stereocenters. The molecule has 1 aromatic heterocycles. The van der Waals surface area contributed by atoms with E-state index in [1.807, 2.05) is 5.38 Å². The molecule has 1 N–H and O–H groups in total. The van der Waals surface area contributed by atoms with Gasteiger partial charge in [-0.3, -0.25) is 4.79 Å². The van der Waals surface area contributed by atoms with Gasteiger partial charge in [0.2, 0.25) is 5.91 Å². The third-order valence-electron chi connectivity index (χ3n) is 4.51. The number of nitrogens with one attached hydrogen (secondary N) is 1. The Labute approximate surface area is 162 Å². The highest BCUT2D eigenvalue weighted by Gasteiger charge is 2.26. The Morgan fingerprint density at radius 3 is 2.81 bits per heavy atom. The van der Waals surface area contributed by atoms with Crippen LogP contribution in [0.25, 0.3) is 0 Å². The van der Waals surface area contributed by atoms with Gasteiger partial charge < -0.3 is 14.8 Å². The number of amides is 1. The van der Waals surface area contributed by atoms with Gasteiger partial charge in [0.15, 0.2) is 5.13 Å². The van der Waals surface area contributed by atoms with Gasteiger partial charge in [0, 0.05) is 36.8 Å². The topological polar surface area (TPSA) is 60.5 Å². The second-order valence-corrected chi connectivity index (χ2v) is 8.18. The molecule has 1 amide bonds. The van der Waals surface area contributed by atoms with Crippen LogP contribution in [-0.4, -0.2) is 37.2 Å². The van der Waals surface area contributed by atoms with Crippen molar-refractivity contribution >= 4 is 34.1 Å². The number of carbonyl (C=O) groups excluding carboxylic acids is 1. The minimum absolute atomic E-state index is 0.0173. The molecule has 26 heavy (non-hydrogen) atoms. The quantitative estimate of drug-likeness (QED) is 0.534. The first-order chi connectivity index (χ1) is 12.8. The lowest BCUT2D eigenvalue weighted by Crippen LogP contribution is -2.26. The van der Waals surface area contributed by atoms with Gasteiger partial charge in [-0.15, -0.1) is 11.3 Å². The maximum absolute atomic E-state index is 12.9. The number of benzene rings is 1. The molecule has 7 heteroatoms. The molecule has 1 fully saturated rings. The first kappa shape index (κ1) is 19.4. The van der Waals surface area contributed by atoms with E-state index in [0.717, 1.165) is 42.9 Å². The standard InChI is InChI=1S/C19H24N2O3S2/c1-23-13-26-16-4-2-15(3-5-16)17(12-14-6-9-24-10-7-14)18(22)21-19-20-8-11-25-19/h2-5,8,11,14,17H,6-7,9-10,12-13H2,1H3,(H,20,21,22). The third kappa shape index (κ3) is 5.54. The van der Waals surface area contributed by atoms with Crippen molar-refractivity contribution in [2.24, 2.45) is 5.92 Å². The van der Waals surface area contributed by atoms with E-state index in [9.17, 15) is 4.79 Å². The van der Waals surface area contributed by atoms with E-state index < -0.39 is 0 Å². The van der Waals surface area contributed by atoms with Gasteiger partial charge in [-0.1, -0.05) is 23.9 Å². The van der Waals surface area contributed by atoms with Crippen molar-refractivity contribution in [3.63, 3.8) is 0 Å². The maximum atomic E-state index is 12.9. The highest BCUT2D eigenvalue weighted by atomic mass is 32.2. The van der Waals surface area contributed by atoms with Gasteiger partial charge in [-0.2, -0.15) is 0 Å². The van der Waals surface area contributed by atoms with Gasteiger partial charge in [0.25, 0.3) is 0 Å². The summed E-state index contributed by atoms with van der Waals surface area (Å²) in [4.78, 5) is 18.3. The van der Waals surface area contributed by atoms with Crippen LogP contribution in [0.2, 0.25) is 0 Å². The van der Waals surface area contributed by atoms with Crippen molar-refractivity contribution in [3.8, 4) is 0 Å². The second kappa shape index (κ2) is 10.1. The first-order valence-electron chi connectivity index (χ1n) is 8.76. The van der Waals surface area contributed by atoms with Crippen molar-refractivity contribution in [3.05, 3.63) is 41.4 Å². The van der Waals surface area contributed by atoms with Crippen LogP contribution in [0, 0.1) is 5.92 Å². The largest absolute Gasteiger partial charge is 0.381 e. The fraction of sp³-hybridized carbons (Fsp3) is 0.474. The van der Waals surface area contributed by atoms with E-state index in [1.165, 1.54) is 11.3 Å². The number of thiazole rings is 1. The number of ether oxygens (including phenoxy) is 2. The predicted molar refractivity (Wildman–Crippen MR) is 106 cm³/mol. The molecule has 1 aromatic carbocycles. The number of anilines is 1. The van der Waals surface area contributed by atoms with Gasteiger partial charge in [-0.05, 0) is 42.9 Å². The Morgan fingerprint density at radius 1 is 1.38 bits per heavy atom. The molecule has 1 unspecified atom stereocenters. The number of hydrogen-bond acceptors (Lipinski definition) is 6. The summed E-state index contributed by atoms with van der Waals surface area (Å²) in [6, 6.07) is 8.24. The van der Waals surface area contributed by atoms with Gasteiger partial charge in [0.05, 0.1) is 11.9 Å². The summed E-state index contributed by atoms with van der Waals surface area (Å²) in [5.74, 6) is 0.973. The lowest BCUT2D eigenvalue weighted by molar-refractivity contribution is -0.118. The van der Waals surface area contributed by atoms with Crippen LogP contribution in [0.3, 0.4) is 0 Å². The molecule has 0 saturated carbocycles. The molecule has 0 bridgehead atoms. The molecule has 2 heterocycles. The third-order valence-corrected chi connectivity index (χ3v) is 6.16. The van der Waals surface area contributed by atoms with Crippen LogP contribution in [0.4, 0.5) is 5.13 Å². The van der Waals surface area contributed by atoms with Crippen LogP contribution >= 0.6 is 23.1 Å². The maximum Gasteiger partial charge on any atom is 0.233 e. The average molecular weight is 393 g/mol. The van der Waals surface area contributed by atoms with Gasteiger partial charge in [0.1, 0.15) is 0 Å². The molecule has 0 spiro atoms.